The summed E-state index contributed by atoms with van der Waals surface area (Å²) in [5, 5.41) is 4.51. The molecule has 3 heterocycles. The number of nitrogens with one attached hydrogen (secondary N) is 2. The van der Waals surface area contributed by atoms with E-state index >= 15 is 0 Å². The minimum Gasteiger partial charge on any atom is -0.370 e. The summed E-state index contributed by atoms with van der Waals surface area (Å²) < 4.78 is 5.40. The summed E-state index contributed by atoms with van der Waals surface area (Å²) in [6.45, 7) is 8.84. The van der Waals surface area contributed by atoms with Crippen molar-refractivity contribution < 1.29 is 9.64 Å². The molecule has 21 heavy (non-hydrogen) atoms. The highest BCUT2D eigenvalue weighted by Crippen LogP contribution is 2.33. The van der Waals surface area contributed by atoms with Crippen LogP contribution in [0.25, 0.3) is 0 Å². The average molecular weight is 313 g/mol. The van der Waals surface area contributed by atoms with Gasteiger partial charge >= 0.3 is 0 Å². The molecule has 2 N–H and O–H groups in total. The highest BCUT2D eigenvalue weighted by molar-refractivity contribution is 7.80. The fraction of sp³-hybridized carbons (Fsp3) is 0.938. The molecule has 1 saturated carbocycles. The standard InChI is InChI=1S/C16H29N3OS/c21-16(17-6-1-7-18-8-10-20-11-9-18)19-12-14-2-3-15(13-19)5-4-14/h14-15H,1-13H2,(H,17,21)/p+1. The predicted molar refractivity (Wildman–Crippen MR) is 88.6 cm³/mol. The van der Waals surface area contributed by atoms with E-state index < -0.39 is 0 Å². The van der Waals surface area contributed by atoms with Crippen LogP contribution in [-0.2, 0) is 4.74 Å². The van der Waals surface area contributed by atoms with E-state index in [1.54, 1.807) is 4.90 Å². The lowest BCUT2D eigenvalue weighted by atomic mass is 9.84. The highest BCUT2D eigenvalue weighted by Gasteiger charge is 2.30. The van der Waals surface area contributed by atoms with Crippen LogP contribution in [0.4, 0.5) is 0 Å². The van der Waals surface area contributed by atoms with Gasteiger partial charge in [0.2, 0.25) is 0 Å². The maximum atomic E-state index is 5.63. The van der Waals surface area contributed by atoms with Crippen molar-refractivity contribution in [1.82, 2.24) is 10.2 Å². The van der Waals surface area contributed by atoms with Crippen LogP contribution in [0.2, 0.25) is 0 Å². The Hall–Kier alpha value is -0.390. The van der Waals surface area contributed by atoms with Crippen LogP contribution in [0, 0.1) is 11.8 Å². The van der Waals surface area contributed by atoms with Crippen molar-refractivity contribution in [3.63, 3.8) is 0 Å². The van der Waals surface area contributed by atoms with Gasteiger partial charge in [-0.15, -0.1) is 0 Å². The Bertz CT molecular complexity index is 324. The lowest BCUT2D eigenvalue weighted by molar-refractivity contribution is -0.908. The van der Waals surface area contributed by atoms with Gasteiger partial charge in [-0.25, -0.2) is 0 Å². The largest absolute Gasteiger partial charge is 0.370 e. The molecule has 0 spiro atoms. The van der Waals surface area contributed by atoms with E-state index in [9.17, 15) is 0 Å². The molecule has 3 saturated heterocycles. The molecule has 0 aromatic heterocycles. The lowest BCUT2D eigenvalue weighted by Gasteiger charge is -2.27. The minimum atomic E-state index is 0.890. The van der Waals surface area contributed by atoms with Crippen LogP contribution in [0.15, 0.2) is 0 Å². The van der Waals surface area contributed by atoms with E-state index in [4.69, 9.17) is 17.0 Å². The van der Waals surface area contributed by atoms with Crippen LogP contribution in [0.5, 0.6) is 0 Å². The number of thiocarbonyl (C=S) groups is 1. The van der Waals surface area contributed by atoms with Crippen LogP contribution in [0.3, 0.4) is 0 Å². The molecule has 4 aliphatic rings. The number of nitrogens with zero attached hydrogens (tertiary/aromatic N) is 1. The van der Waals surface area contributed by atoms with Crippen molar-refractivity contribution in [2.45, 2.75) is 32.1 Å². The van der Waals surface area contributed by atoms with Gasteiger partial charge in [0.1, 0.15) is 13.1 Å². The molecule has 4 rings (SSSR count). The van der Waals surface area contributed by atoms with E-state index in [0.29, 0.717) is 0 Å². The average Bonchev–Trinajstić information content (AvgIpc) is 2.86. The minimum absolute atomic E-state index is 0.890. The van der Waals surface area contributed by atoms with E-state index in [1.165, 1.54) is 64.8 Å². The van der Waals surface area contributed by atoms with E-state index in [2.05, 4.69) is 10.2 Å². The number of quaternary nitrogens is 1. The monoisotopic (exact) mass is 312 g/mol. The SMILES string of the molecule is S=C(NCCC[NH+]1CCOCC1)N1CC2CCC(CC2)C1. The number of morpholine rings is 1. The summed E-state index contributed by atoms with van der Waals surface area (Å²) in [7, 11) is 0. The van der Waals surface area contributed by atoms with Gasteiger partial charge in [-0.3, -0.25) is 0 Å². The van der Waals surface area contributed by atoms with Crippen molar-refractivity contribution in [3.8, 4) is 0 Å². The Morgan fingerprint density at radius 3 is 2.33 bits per heavy atom. The fourth-order valence-corrected chi connectivity index (χ4v) is 4.27. The number of hydrogen-bond donors (Lipinski definition) is 2. The first kappa shape index (κ1) is 15.5. The molecular weight excluding hydrogens is 282 g/mol. The normalized spacial score (nSPS) is 30.2. The lowest BCUT2D eigenvalue weighted by Crippen LogP contribution is -3.14. The highest BCUT2D eigenvalue weighted by atomic mass is 32.1. The van der Waals surface area contributed by atoms with Gasteiger partial charge in [0, 0.05) is 26.1 Å². The first-order valence-corrected chi connectivity index (χ1v) is 9.16. The molecular formula is C16H30N3OS+. The second kappa shape index (κ2) is 7.75. The number of hydrogen-bond acceptors (Lipinski definition) is 2. The van der Waals surface area contributed by atoms with Gasteiger partial charge in [0.15, 0.2) is 5.11 Å². The number of fused-ring (bicyclic) bond motifs is 4. The van der Waals surface area contributed by atoms with Crippen molar-refractivity contribution >= 4 is 17.3 Å². The number of ether oxygens (including phenoxy) is 1. The summed E-state index contributed by atoms with van der Waals surface area (Å²) in [6.07, 6.45) is 6.89. The molecule has 120 valence electrons. The Morgan fingerprint density at radius 2 is 1.71 bits per heavy atom. The van der Waals surface area contributed by atoms with E-state index in [1.807, 2.05) is 0 Å². The van der Waals surface area contributed by atoms with E-state index in [0.717, 1.165) is 36.7 Å². The topological polar surface area (TPSA) is 28.9 Å². The first-order valence-electron chi connectivity index (χ1n) is 8.75. The van der Waals surface area contributed by atoms with Crippen molar-refractivity contribution in [2.75, 3.05) is 52.5 Å². The van der Waals surface area contributed by atoms with Crippen molar-refractivity contribution in [3.05, 3.63) is 0 Å². The third kappa shape index (κ3) is 4.54. The molecule has 0 aromatic carbocycles. The molecule has 0 amide bonds. The predicted octanol–water partition coefficient (Wildman–Crippen LogP) is 0.288. The van der Waals surface area contributed by atoms with Gasteiger partial charge in [0.05, 0.1) is 19.8 Å². The third-order valence-corrected chi connectivity index (χ3v) is 5.80. The molecule has 0 radical (unpaired) electrons. The Labute approximate surface area is 134 Å². The summed E-state index contributed by atoms with van der Waals surface area (Å²) in [4.78, 5) is 4.13. The third-order valence-electron chi connectivity index (χ3n) is 5.39. The maximum Gasteiger partial charge on any atom is 0.168 e. The molecule has 0 aromatic rings. The van der Waals surface area contributed by atoms with Crippen molar-refractivity contribution in [2.24, 2.45) is 11.8 Å². The zero-order valence-corrected chi connectivity index (χ0v) is 13.9. The van der Waals surface area contributed by atoms with Crippen LogP contribution in [0.1, 0.15) is 32.1 Å². The second-order valence-electron chi connectivity index (χ2n) is 6.99. The Kier molecular flexibility index (Phi) is 5.72. The second-order valence-corrected chi connectivity index (χ2v) is 7.38. The summed E-state index contributed by atoms with van der Waals surface area (Å²) >= 11 is 5.63. The zero-order valence-electron chi connectivity index (χ0n) is 13.1. The summed E-state index contributed by atoms with van der Waals surface area (Å²) in [6, 6.07) is 0. The first-order chi connectivity index (χ1) is 10.3. The molecule has 1 aliphatic carbocycles. The van der Waals surface area contributed by atoms with Gasteiger partial charge in [-0.2, -0.15) is 0 Å². The Balaban J connectivity index is 1.34. The summed E-state index contributed by atoms with van der Waals surface area (Å²) in [5.41, 5.74) is 0. The van der Waals surface area contributed by atoms with Gasteiger partial charge in [-0.05, 0) is 49.7 Å². The molecule has 4 fully saturated rings. The Morgan fingerprint density at radius 1 is 1.10 bits per heavy atom. The molecule has 4 nitrogen and oxygen atoms in total. The summed E-state index contributed by atoms with van der Waals surface area (Å²) in [5.74, 6) is 1.78. The van der Waals surface area contributed by atoms with Crippen LogP contribution < -0.4 is 10.2 Å². The fourth-order valence-electron chi connectivity index (χ4n) is 4.02. The van der Waals surface area contributed by atoms with Gasteiger partial charge in [-0.1, -0.05) is 0 Å². The molecule has 2 bridgehead atoms. The molecule has 3 aliphatic heterocycles. The number of rotatable bonds is 4. The van der Waals surface area contributed by atoms with E-state index in [-0.39, 0.29) is 0 Å². The quantitative estimate of drug-likeness (QED) is 0.577. The van der Waals surface area contributed by atoms with Crippen LogP contribution >= 0.6 is 12.2 Å². The van der Waals surface area contributed by atoms with Gasteiger partial charge in [0.25, 0.3) is 0 Å². The molecule has 0 unspecified atom stereocenters. The molecule has 5 heteroatoms. The van der Waals surface area contributed by atoms with Crippen LogP contribution in [-0.4, -0.2) is 62.5 Å². The van der Waals surface area contributed by atoms with Crippen molar-refractivity contribution in [1.29, 1.82) is 0 Å². The smallest absolute Gasteiger partial charge is 0.168 e. The zero-order chi connectivity index (χ0) is 14.5. The van der Waals surface area contributed by atoms with Gasteiger partial charge < -0.3 is 19.9 Å². The molecule has 0 atom stereocenters. The maximum absolute atomic E-state index is 5.63.